The molecule has 0 saturated carbocycles. The van der Waals surface area contributed by atoms with Crippen LogP contribution in [0.2, 0.25) is 0 Å². The number of rotatable bonds is 3. The molecule has 1 unspecified atom stereocenters. The molecule has 2 heterocycles. The first kappa shape index (κ1) is 10.3. The summed E-state index contributed by atoms with van der Waals surface area (Å²) in [4.78, 5) is 15.8. The molecule has 1 atom stereocenters. The van der Waals surface area contributed by atoms with Gasteiger partial charge in [-0.15, -0.1) is 0 Å². The molecule has 1 aliphatic rings. The van der Waals surface area contributed by atoms with Crippen molar-refractivity contribution in [2.24, 2.45) is 0 Å². The van der Waals surface area contributed by atoms with Gasteiger partial charge in [0.2, 0.25) is 0 Å². The molecule has 0 spiro atoms. The number of carbonyl (C=O) groups is 1. The third-order valence-electron chi connectivity index (χ3n) is 2.53. The van der Waals surface area contributed by atoms with Crippen molar-refractivity contribution in [1.29, 1.82) is 0 Å². The predicted molar refractivity (Wildman–Crippen MR) is 57.6 cm³/mol. The molecule has 0 amide bonds. The van der Waals surface area contributed by atoms with Crippen molar-refractivity contribution in [2.45, 2.75) is 12.5 Å². The number of nitrogens with one attached hydrogen (secondary N) is 2. The Kier molecular flexibility index (Phi) is 3.42. The number of piperazine rings is 1. The van der Waals surface area contributed by atoms with Gasteiger partial charge in [-0.3, -0.25) is 9.78 Å². The van der Waals surface area contributed by atoms with E-state index < -0.39 is 0 Å². The van der Waals surface area contributed by atoms with Gasteiger partial charge >= 0.3 is 0 Å². The van der Waals surface area contributed by atoms with Gasteiger partial charge in [0, 0.05) is 38.4 Å². The van der Waals surface area contributed by atoms with Gasteiger partial charge < -0.3 is 10.6 Å². The van der Waals surface area contributed by atoms with Crippen LogP contribution in [0.1, 0.15) is 5.56 Å². The van der Waals surface area contributed by atoms with E-state index in [2.05, 4.69) is 15.6 Å². The van der Waals surface area contributed by atoms with Crippen molar-refractivity contribution in [1.82, 2.24) is 15.6 Å². The van der Waals surface area contributed by atoms with E-state index >= 15 is 0 Å². The summed E-state index contributed by atoms with van der Waals surface area (Å²) in [7, 11) is 0. The molecule has 0 radical (unpaired) electrons. The normalized spacial score (nSPS) is 21.2. The SMILES string of the molecule is O=C(Cc1cccnc1)C1CNCCN1. The van der Waals surface area contributed by atoms with Crippen LogP contribution in [-0.2, 0) is 11.2 Å². The Morgan fingerprint density at radius 1 is 1.53 bits per heavy atom. The van der Waals surface area contributed by atoms with Gasteiger partial charge in [-0.25, -0.2) is 0 Å². The van der Waals surface area contributed by atoms with E-state index in [1.165, 1.54) is 0 Å². The minimum atomic E-state index is -0.0426. The molecule has 80 valence electrons. The molecule has 1 aromatic heterocycles. The van der Waals surface area contributed by atoms with Crippen LogP contribution in [0.25, 0.3) is 0 Å². The Labute approximate surface area is 89.1 Å². The summed E-state index contributed by atoms with van der Waals surface area (Å²) in [5.41, 5.74) is 0.981. The first-order chi connectivity index (χ1) is 7.36. The summed E-state index contributed by atoms with van der Waals surface area (Å²) in [6, 6.07) is 3.75. The maximum Gasteiger partial charge on any atom is 0.155 e. The van der Waals surface area contributed by atoms with E-state index in [0.717, 1.165) is 25.2 Å². The number of hydrogen-bond donors (Lipinski definition) is 2. The zero-order chi connectivity index (χ0) is 10.5. The van der Waals surface area contributed by atoms with Crippen LogP contribution in [0.3, 0.4) is 0 Å². The summed E-state index contributed by atoms with van der Waals surface area (Å²) >= 11 is 0. The lowest BCUT2D eigenvalue weighted by Crippen LogP contribution is -2.52. The molecule has 1 fully saturated rings. The molecule has 4 nitrogen and oxygen atoms in total. The molecule has 0 bridgehead atoms. The highest BCUT2D eigenvalue weighted by atomic mass is 16.1. The fourth-order valence-electron chi connectivity index (χ4n) is 1.71. The Morgan fingerprint density at radius 2 is 2.47 bits per heavy atom. The summed E-state index contributed by atoms with van der Waals surface area (Å²) in [5, 5.41) is 6.41. The minimum absolute atomic E-state index is 0.0426. The summed E-state index contributed by atoms with van der Waals surface area (Å²) < 4.78 is 0. The summed E-state index contributed by atoms with van der Waals surface area (Å²) in [6.45, 7) is 2.54. The van der Waals surface area contributed by atoms with Gasteiger partial charge in [-0.2, -0.15) is 0 Å². The summed E-state index contributed by atoms with van der Waals surface area (Å²) in [5.74, 6) is 0.232. The van der Waals surface area contributed by atoms with Crippen LogP contribution in [-0.4, -0.2) is 36.4 Å². The third-order valence-corrected chi connectivity index (χ3v) is 2.53. The van der Waals surface area contributed by atoms with Gasteiger partial charge in [0.05, 0.1) is 6.04 Å². The van der Waals surface area contributed by atoms with Crippen molar-refractivity contribution in [2.75, 3.05) is 19.6 Å². The first-order valence-electron chi connectivity index (χ1n) is 5.22. The number of aromatic nitrogens is 1. The lowest BCUT2D eigenvalue weighted by atomic mass is 10.0. The first-order valence-corrected chi connectivity index (χ1v) is 5.22. The number of nitrogens with zero attached hydrogens (tertiary/aromatic N) is 1. The highest BCUT2D eigenvalue weighted by molar-refractivity contribution is 5.86. The van der Waals surface area contributed by atoms with Crippen LogP contribution in [0.4, 0.5) is 0 Å². The standard InChI is InChI=1S/C11H15N3O/c15-11(10-8-13-4-5-14-10)6-9-2-1-3-12-7-9/h1-3,7,10,13-14H,4-6,8H2. The van der Waals surface area contributed by atoms with Gasteiger partial charge in [0.15, 0.2) is 5.78 Å². The van der Waals surface area contributed by atoms with Gasteiger partial charge in [0.25, 0.3) is 0 Å². The van der Waals surface area contributed by atoms with Crippen molar-refractivity contribution in [3.05, 3.63) is 30.1 Å². The lowest BCUT2D eigenvalue weighted by Gasteiger charge is -2.23. The van der Waals surface area contributed by atoms with E-state index in [1.54, 1.807) is 12.4 Å². The van der Waals surface area contributed by atoms with Crippen LogP contribution >= 0.6 is 0 Å². The highest BCUT2D eigenvalue weighted by Crippen LogP contribution is 2.01. The van der Waals surface area contributed by atoms with Crippen molar-refractivity contribution in [3.63, 3.8) is 0 Å². The van der Waals surface area contributed by atoms with E-state index in [0.29, 0.717) is 6.42 Å². The molecule has 0 aliphatic carbocycles. The molecular formula is C11H15N3O. The van der Waals surface area contributed by atoms with E-state index in [-0.39, 0.29) is 11.8 Å². The average Bonchev–Trinajstić information content (AvgIpc) is 2.31. The zero-order valence-electron chi connectivity index (χ0n) is 8.57. The smallest absolute Gasteiger partial charge is 0.155 e. The molecule has 4 heteroatoms. The van der Waals surface area contributed by atoms with Gasteiger partial charge in [-0.1, -0.05) is 6.07 Å². The van der Waals surface area contributed by atoms with Gasteiger partial charge in [0.1, 0.15) is 0 Å². The Balaban J connectivity index is 1.91. The second-order valence-electron chi connectivity index (χ2n) is 3.72. The van der Waals surface area contributed by atoms with E-state index in [4.69, 9.17) is 0 Å². The number of ketones is 1. The van der Waals surface area contributed by atoms with E-state index in [1.807, 2.05) is 12.1 Å². The number of hydrogen-bond acceptors (Lipinski definition) is 4. The van der Waals surface area contributed by atoms with Crippen LogP contribution in [0.15, 0.2) is 24.5 Å². The molecule has 1 aliphatic heterocycles. The Morgan fingerprint density at radius 3 is 3.13 bits per heavy atom. The molecule has 0 aromatic carbocycles. The monoisotopic (exact) mass is 205 g/mol. The Hall–Kier alpha value is -1.26. The lowest BCUT2D eigenvalue weighted by molar-refractivity contribution is -0.120. The predicted octanol–water partition coefficient (Wildman–Crippen LogP) is -0.245. The molecule has 1 saturated heterocycles. The van der Waals surface area contributed by atoms with Gasteiger partial charge in [-0.05, 0) is 11.6 Å². The van der Waals surface area contributed by atoms with Crippen molar-refractivity contribution >= 4 is 5.78 Å². The van der Waals surface area contributed by atoms with Crippen LogP contribution in [0, 0.1) is 0 Å². The summed E-state index contributed by atoms with van der Waals surface area (Å²) in [6.07, 6.45) is 3.93. The molecular weight excluding hydrogens is 190 g/mol. The second kappa shape index (κ2) is 5.00. The zero-order valence-corrected chi connectivity index (χ0v) is 8.57. The highest BCUT2D eigenvalue weighted by Gasteiger charge is 2.19. The fraction of sp³-hybridized carbons (Fsp3) is 0.455. The molecule has 2 rings (SSSR count). The number of carbonyl (C=O) groups excluding carboxylic acids is 1. The largest absolute Gasteiger partial charge is 0.313 e. The third kappa shape index (κ3) is 2.84. The molecule has 15 heavy (non-hydrogen) atoms. The molecule has 2 N–H and O–H groups in total. The number of Topliss-reactive ketones (excluding diaryl/α,β-unsaturated/α-hetero) is 1. The quantitative estimate of drug-likeness (QED) is 0.715. The van der Waals surface area contributed by atoms with Crippen molar-refractivity contribution < 1.29 is 4.79 Å². The second-order valence-corrected chi connectivity index (χ2v) is 3.72. The average molecular weight is 205 g/mol. The maximum atomic E-state index is 11.8. The van der Waals surface area contributed by atoms with Crippen molar-refractivity contribution in [3.8, 4) is 0 Å². The molecule has 1 aromatic rings. The minimum Gasteiger partial charge on any atom is -0.313 e. The maximum absolute atomic E-state index is 11.8. The fourth-order valence-corrected chi connectivity index (χ4v) is 1.71. The Bertz CT molecular complexity index is 320. The topological polar surface area (TPSA) is 54.0 Å². The van der Waals surface area contributed by atoms with E-state index in [9.17, 15) is 4.79 Å². The van der Waals surface area contributed by atoms with Crippen LogP contribution in [0.5, 0.6) is 0 Å². The van der Waals surface area contributed by atoms with Crippen LogP contribution < -0.4 is 10.6 Å². The number of pyridine rings is 1.